The molecular formula is C16H21F2NO2. The van der Waals surface area contributed by atoms with Crippen LogP contribution in [0.2, 0.25) is 0 Å². The van der Waals surface area contributed by atoms with E-state index in [0.717, 1.165) is 5.56 Å². The van der Waals surface area contributed by atoms with Crippen LogP contribution in [0.5, 0.6) is 5.75 Å². The van der Waals surface area contributed by atoms with Crippen molar-refractivity contribution < 1.29 is 18.7 Å². The minimum Gasteiger partial charge on any atom is -0.508 e. The number of carbonyl (C=O) groups is 1. The van der Waals surface area contributed by atoms with Crippen molar-refractivity contribution in [2.24, 2.45) is 5.92 Å². The quantitative estimate of drug-likeness (QED) is 0.923. The van der Waals surface area contributed by atoms with E-state index in [1.54, 1.807) is 36.2 Å². The van der Waals surface area contributed by atoms with Crippen LogP contribution >= 0.6 is 0 Å². The van der Waals surface area contributed by atoms with Crippen LogP contribution in [-0.2, 0) is 4.79 Å². The maximum Gasteiger partial charge on any atom is 0.248 e. The van der Waals surface area contributed by atoms with Crippen molar-refractivity contribution in [2.45, 2.75) is 44.6 Å². The van der Waals surface area contributed by atoms with Crippen molar-refractivity contribution in [3.63, 3.8) is 0 Å². The summed E-state index contributed by atoms with van der Waals surface area (Å²) in [5.41, 5.74) is 0.907. The number of alkyl halides is 2. The van der Waals surface area contributed by atoms with Crippen LogP contribution in [0.4, 0.5) is 8.78 Å². The molecule has 1 saturated carbocycles. The first-order chi connectivity index (χ1) is 9.80. The average Bonchev–Trinajstić information content (AvgIpc) is 2.46. The summed E-state index contributed by atoms with van der Waals surface area (Å²) in [6.07, 6.45) is 0.0899. The summed E-state index contributed by atoms with van der Waals surface area (Å²) >= 11 is 0. The number of nitrogens with zero attached hydrogens (tertiary/aromatic N) is 1. The summed E-state index contributed by atoms with van der Waals surface area (Å²) in [5, 5.41) is 9.29. The molecule has 1 aromatic carbocycles. The molecule has 1 unspecified atom stereocenters. The Morgan fingerprint density at radius 2 is 1.81 bits per heavy atom. The normalized spacial score (nSPS) is 20.0. The third-order valence-electron chi connectivity index (χ3n) is 4.37. The van der Waals surface area contributed by atoms with Gasteiger partial charge in [0.05, 0.1) is 6.04 Å². The summed E-state index contributed by atoms with van der Waals surface area (Å²) in [4.78, 5) is 14.0. The largest absolute Gasteiger partial charge is 0.508 e. The SMILES string of the molecule is CC(c1ccc(O)cc1)N(C)C(=O)C1CCC(F)(F)CC1. The maximum atomic E-state index is 13.2. The Labute approximate surface area is 123 Å². The first-order valence-corrected chi connectivity index (χ1v) is 7.23. The highest BCUT2D eigenvalue weighted by Crippen LogP contribution is 2.37. The molecule has 0 radical (unpaired) electrons. The van der Waals surface area contributed by atoms with E-state index < -0.39 is 5.92 Å². The molecule has 1 aliphatic rings. The van der Waals surface area contributed by atoms with E-state index in [9.17, 15) is 18.7 Å². The Morgan fingerprint density at radius 1 is 1.29 bits per heavy atom. The number of benzene rings is 1. The lowest BCUT2D eigenvalue weighted by Gasteiger charge is -2.33. The maximum absolute atomic E-state index is 13.2. The van der Waals surface area contributed by atoms with Crippen molar-refractivity contribution in [1.29, 1.82) is 0 Å². The Bertz CT molecular complexity index is 492. The number of rotatable bonds is 3. The molecule has 0 saturated heterocycles. The first kappa shape index (κ1) is 15.7. The molecule has 0 spiro atoms. The summed E-state index contributed by atoms with van der Waals surface area (Å²) in [5.74, 6) is -2.83. The van der Waals surface area contributed by atoms with Crippen LogP contribution in [0.1, 0.15) is 44.2 Å². The molecule has 116 valence electrons. The van der Waals surface area contributed by atoms with Crippen molar-refractivity contribution in [3.05, 3.63) is 29.8 Å². The number of aromatic hydroxyl groups is 1. The molecule has 0 heterocycles. The Kier molecular flexibility index (Phi) is 4.49. The second-order valence-electron chi connectivity index (χ2n) is 5.85. The molecule has 1 N–H and O–H groups in total. The van der Waals surface area contributed by atoms with Gasteiger partial charge in [-0.1, -0.05) is 12.1 Å². The molecule has 0 aromatic heterocycles. The number of amides is 1. The van der Waals surface area contributed by atoms with Crippen molar-refractivity contribution in [2.75, 3.05) is 7.05 Å². The molecular weight excluding hydrogens is 276 g/mol. The lowest BCUT2D eigenvalue weighted by molar-refractivity contribution is -0.140. The van der Waals surface area contributed by atoms with Gasteiger partial charge in [-0.25, -0.2) is 8.78 Å². The number of halogens is 2. The number of carbonyl (C=O) groups excluding carboxylic acids is 1. The van der Waals surface area contributed by atoms with Crippen molar-refractivity contribution in [3.8, 4) is 5.75 Å². The van der Waals surface area contributed by atoms with Crippen LogP contribution < -0.4 is 0 Å². The molecule has 2 rings (SSSR count). The van der Waals surface area contributed by atoms with E-state index in [2.05, 4.69) is 0 Å². The average molecular weight is 297 g/mol. The Morgan fingerprint density at radius 3 is 2.33 bits per heavy atom. The van der Waals surface area contributed by atoms with Crippen LogP contribution in [-0.4, -0.2) is 28.9 Å². The minimum absolute atomic E-state index is 0.0777. The molecule has 3 nitrogen and oxygen atoms in total. The number of hydrogen-bond acceptors (Lipinski definition) is 2. The smallest absolute Gasteiger partial charge is 0.248 e. The molecule has 1 fully saturated rings. The van der Waals surface area contributed by atoms with Crippen LogP contribution in [0, 0.1) is 5.92 Å². The van der Waals surface area contributed by atoms with Gasteiger partial charge in [-0.15, -0.1) is 0 Å². The van der Waals surface area contributed by atoms with Gasteiger partial charge in [-0.2, -0.15) is 0 Å². The van der Waals surface area contributed by atoms with Gasteiger partial charge in [0, 0.05) is 25.8 Å². The minimum atomic E-state index is -2.61. The fourth-order valence-corrected chi connectivity index (χ4v) is 2.74. The van der Waals surface area contributed by atoms with E-state index in [0.29, 0.717) is 0 Å². The number of phenolic OH excluding ortho intramolecular Hbond substituents is 1. The van der Waals surface area contributed by atoms with Crippen LogP contribution in [0.3, 0.4) is 0 Å². The fraction of sp³-hybridized carbons (Fsp3) is 0.562. The predicted molar refractivity (Wildman–Crippen MR) is 76.2 cm³/mol. The fourth-order valence-electron chi connectivity index (χ4n) is 2.74. The van der Waals surface area contributed by atoms with Crippen molar-refractivity contribution in [1.82, 2.24) is 4.90 Å². The second-order valence-corrected chi connectivity index (χ2v) is 5.85. The summed E-state index contributed by atoms with van der Waals surface area (Å²) in [6, 6.07) is 6.52. The molecule has 1 aromatic rings. The zero-order valence-corrected chi connectivity index (χ0v) is 12.4. The molecule has 1 amide bonds. The van der Waals surface area contributed by atoms with Gasteiger partial charge in [-0.05, 0) is 37.5 Å². The van der Waals surface area contributed by atoms with Crippen LogP contribution in [0.15, 0.2) is 24.3 Å². The molecule has 0 aliphatic heterocycles. The number of phenols is 1. The van der Waals surface area contributed by atoms with Gasteiger partial charge in [0.25, 0.3) is 0 Å². The van der Waals surface area contributed by atoms with Crippen molar-refractivity contribution >= 4 is 5.91 Å². The van der Waals surface area contributed by atoms with E-state index in [-0.39, 0.29) is 49.3 Å². The lowest BCUT2D eigenvalue weighted by Crippen LogP contribution is -2.38. The third-order valence-corrected chi connectivity index (χ3v) is 4.37. The summed E-state index contributed by atoms with van der Waals surface area (Å²) in [7, 11) is 1.70. The summed E-state index contributed by atoms with van der Waals surface area (Å²) < 4.78 is 26.3. The van der Waals surface area contributed by atoms with E-state index >= 15 is 0 Å². The molecule has 5 heteroatoms. The van der Waals surface area contributed by atoms with E-state index in [4.69, 9.17) is 0 Å². The Balaban J connectivity index is 2.00. The highest BCUT2D eigenvalue weighted by molar-refractivity contribution is 5.79. The zero-order chi connectivity index (χ0) is 15.6. The van der Waals surface area contributed by atoms with E-state index in [1.165, 1.54) is 0 Å². The second kappa shape index (κ2) is 6.00. The van der Waals surface area contributed by atoms with Gasteiger partial charge in [-0.3, -0.25) is 4.79 Å². The molecule has 1 atom stereocenters. The standard InChI is InChI=1S/C16H21F2NO2/c1-11(12-3-5-14(20)6-4-12)19(2)15(21)13-7-9-16(17,18)10-8-13/h3-6,11,13,20H,7-10H2,1-2H3. The molecule has 1 aliphatic carbocycles. The van der Waals surface area contributed by atoms with E-state index in [1.807, 2.05) is 6.92 Å². The van der Waals surface area contributed by atoms with Gasteiger partial charge >= 0.3 is 0 Å². The summed E-state index contributed by atoms with van der Waals surface area (Å²) in [6.45, 7) is 1.89. The third kappa shape index (κ3) is 3.71. The molecule has 21 heavy (non-hydrogen) atoms. The lowest BCUT2D eigenvalue weighted by atomic mass is 9.85. The molecule has 0 bridgehead atoms. The highest BCUT2D eigenvalue weighted by atomic mass is 19.3. The zero-order valence-electron chi connectivity index (χ0n) is 12.4. The highest BCUT2D eigenvalue weighted by Gasteiger charge is 2.38. The monoisotopic (exact) mass is 297 g/mol. The van der Waals surface area contributed by atoms with Crippen LogP contribution in [0.25, 0.3) is 0 Å². The van der Waals surface area contributed by atoms with Gasteiger partial charge in [0.1, 0.15) is 5.75 Å². The predicted octanol–water partition coefficient (Wildman–Crippen LogP) is 3.74. The van der Waals surface area contributed by atoms with Gasteiger partial charge in [0.15, 0.2) is 0 Å². The Hall–Kier alpha value is -1.65. The number of hydrogen-bond donors (Lipinski definition) is 1. The topological polar surface area (TPSA) is 40.5 Å². The van der Waals surface area contributed by atoms with Gasteiger partial charge in [0.2, 0.25) is 11.8 Å². The first-order valence-electron chi connectivity index (χ1n) is 7.23. The van der Waals surface area contributed by atoms with Gasteiger partial charge < -0.3 is 10.0 Å².